The van der Waals surface area contributed by atoms with Crippen molar-refractivity contribution >= 4 is 17.4 Å². The van der Waals surface area contributed by atoms with Crippen LogP contribution in [-0.4, -0.2) is 23.1 Å². The molecule has 2 heterocycles. The van der Waals surface area contributed by atoms with Crippen molar-refractivity contribution in [2.75, 3.05) is 18.4 Å². The smallest absolute Gasteiger partial charge is 0.144 e. The summed E-state index contributed by atoms with van der Waals surface area (Å²) < 4.78 is 0. The first-order chi connectivity index (χ1) is 9.36. The Labute approximate surface area is 118 Å². The van der Waals surface area contributed by atoms with Gasteiger partial charge < -0.3 is 10.6 Å². The van der Waals surface area contributed by atoms with E-state index in [9.17, 15) is 0 Å². The lowest BCUT2D eigenvalue weighted by molar-refractivity contribution is 0.661. The van der Waals surface area contributed by atoms with Gasteiger partial charge >= 0.3 is 0 Å². The van der Waals surface area contributed by atoms with Crippen molar-refractivity contribution in [2.24, 2.45) is 0 Å². The number of anilines is 1. The molecule has 0 spiro atoms. The maximum absolute atomic E-state index is 6.00. The van der Waals surface area contributed by atoms with Gasteiger partial charge in [-0.2, -0.15) is 0 Å². The fourth-order valence-corrected chi connectivity index (χ4v) is 1.86. The summed E-state index contributed by atoms with van der Waals surface area (Å²) >= 11 is 6.00. The first kappa shape index (κ1) is 13.8. The predicted octanol–water partition coefficient (Wildman–Crippen LogP) is 2.72. The van der Waals surface area contributed by atoms with Gasteiger partial charge in [-0.25, -0.2) is 4.98 Å². The first-order valence-electron chi connectivity index (χ1n) is 6.30. The summed E-state index contributed by atoms with van der Waals surface area (Å²) in [6.07, 6.45) is 6.39. The van der Waals surface area contributed by atoms with Gasteiger partial charge in [0.05, 0.1) is 5.02 Å². The number of aromatic nitrogens is 2. The normalized spacial score (nSPS) is 10.4. The van der Waals surface area contributed by atoms with Crippen molar-refractivity contribution in [3.05, 3.63) is 53.4 Å². The lowest BCUT2D eigenvalue weighted by atomic mass is 10.3. The van der Waals surface area contributed by atoms with Gasteiger partial charge in [0.1, 0.15) is 5.82 Å². The standard InChI is InChI=1S/C14H17ClN4/c15-13-5-2-8-18-14(13)19-9-3-7-17-11-12-4-1-6-16-10-12/h1-2,4-6,8,10,17H,3,7,9,11H2,(H,18,19). The van der Waals surface area contributed by atoms with Crippen LogP contribution in [-0.2, 0) is 6.54 Å². The molecule has 0 saturated heterocycles. The van der Waals surface area contributed by atoms with Crippen LogP contribution in [0.3, 0.4) is 0 Å². The SMILES string of the molecule is Clc1cccnc1NCCCNCc1cccnc1. The zero-order valence-electron chi connectivity index (χ0n) is 10.6. The second-order valence-corrected chi connectivity index (χ2v) is 4.56. The van der Waals surface area contributed by atoms with Crippen LogP contribution in [0.1, 0.15) is 12.0 Å². The Kier molecular flexibility index (Phi) is 5.59. The Morgan fingerprint density at radius 2 is 2.00 bits per heavy atom. The van der Waals surface area contributed by atoms with E-state index in [4.69, 9.17) is 11.6 Å². The van der Waals surface area contributed by atoms with Crippen molar-refractivity contribution in [2.45, 2.75) is 13.0 Å². The zero-order chi connectivity index (χ0) is 13.3. The van der Waals surface area contributed by atoms with E-state index in [-0.39, 0.29) is 0 Å². The molecule has 2 aromatic rings. The molecule has 0 aliphatic carbocycles. The maximum Gasteiger partial charge on any atom is 0.144 e. The van der Waals surface area contributed by atoms with Crippen molar-refractivity contribution < 1.29 is 0 Å². The number of pyridine rings is 2. The zero-order valence-corrected chi connectivity index (χ0v) is 11.4. The van der Waals surface area contributed by atoms with Crippen LogP contribution in [0.4, 0.5) is 5.82 Å². The molecule has 19 heavy (non-hydrogen) atoms. The minimum absolute atomic E-state index is 0.658. The van der Waals surface area contributed by atoms with Crippen LogP contribution < -0.4 is 10.6 Å². The second kappa shape index (κ2) is 7.71. The van der Waals surface area contributed by atoms with Crippen molar-refractivity contribution in [3.8, 4) is 0 Å². The van der Waals surface area contributed by atoms with E-state index in [1.165, 1.54) is 5.56 Å². The average Bonchev–Trinajstić information content (AvgIpc) is 2.45. The summed E-state index contributed by atoms with van der Waals surface area (Å²) in [5, 5.41) is 7.24. The molecule has 0 unspecified atom stereocenters. The highest BCUT2D eigenvalue weighted by atomic mass is 35.5. The lowest BCUT2D eigenvalue weighted by Crippen LogP contribution is -2.18. The van der Waals surface area contributed by atoms with Crippen LogP contribution in [0.5, 0.6) is 0 Å². The fourth-order valence-electron chi connectivity index (χ4n) is 1.67. The first-order valence-corrected chi connectivity index (χ1v) is 6.68. The second-order valence-electron chi connectivity index (χ2n) is 4.15. The highest BCUT2D eigenvalue weighted by Gasteiger charge is 1.98. The van der Waals surface area contributed by atoms with Gasteiger partial charge in [-0.15, -0.1) is 0 Å². The minimum atomic E-state index is 0.658. The third kappa shape index (κ3) is 4.85. The van der Waals surface area contributed by atoms with Gasteiger partial charge in [0.15, 0.2) is 0 Å². The third-order valence-electron chi connectivity index (χ3n) is 2.63. The summed E-state index contributed by atoms with van der Waals surface area (Å²) in [4.78, 5) is 8.25. The van der Waals surface area contributed by atoms with Crippen molar-refractivity contribution in [1.29, 1.82) is 0 Å². The average molecular weight is 277 g/mol. The summed E-state index contributed by atoms with van der Waals surface area (Å²) in [5.41, 5.74) is 1.20. The molecule has 0 saturated carbocycles. The molecule has 0 aliphatic rings. The molecular formula is C14H17ClN4. The molecule has 2 N–H and O–H groups in total. The Morgan fingerprint density at radius 3 is 2.79 bits per heavy atom. The largest absolute Gasteiger partial charge is 0.369 e. The van der Waals surface area contributed by atoms with Crippen LogP contribution in [0.15, 0.2) is 42.9 Å². The van der Waals surface area contributed by atoms with E-state index in [0.29, 0.717) is 5.02 Å². The number of hydrogen-bond donors (Lipinski definition) is 2. The van der Waals surface area contributed by atoms with Gasteiger partial charge in [-0.05, 0) is 36.7 Å². The topological polar surface area (TPSA) is 49.8 Å². The van der Waals surface area contributed by atoms with Crippen LogP contribution in [0.25, 0.3) is 0 Å². The van der Waals surface area contributed by atoms with Crippen LogP contribution in [0.2, 0.25) is 5.02 Å². The van der Waals surface area contributed by atoms with Gasteiger partial charge in [-0.3, -0.25) is 4.98 Å². The van der Waals surface area contributed by atoms with Gasteiger partial charge in [0.25, 0.3) is 0 Å². The van der Waals surface area contributed by atoms with E-state index >= 15 is 0 Å². The van der Waals surface area contributed by atoms with Crippen LogP contribution >= 0.6 is 11.6 Å². The fraction of sp³-hybridized carbons (Fsp3) is 0.286. The molecule has 0 bridgehead atoms. The molecule has 0 aromatic carbocycles. The molecule has 0 amide bonds. The number of nitrogens with zero attached hydrogens (tertiary/aromatic N) is 2. The molecule has 100 valence electrons. The van der Waals surface area contributed by atoms with E-state index in [2.05, 4.69) is 26.7 Å². The summed E-state index contributed by atoms with van der Waals surface area (Å²) in [5.74, 6) is 0.747. The molecule has 2 aromatic heterocycles. The molecule has 2 rings (SSSR count). The molecule has 0 fully saturated rings. The lowest BCUT2D eigenvalue weighted by Gasteiger charge is -2.07. The highest BCUT2D eigenvalue weighted by Crippen LogP contribution is 2.16. The predicted molar refractivity (Wildman–Crippen MR) is 78.3 cm³/mol. The van der Waals surface area contributed by atoms with E-state index < -0.39 is 0 Å². The monoisotopic (exact) mass is 276 g/mol. The molecule has 0 radical (unpaired) electrons. The Hall–Kier alpha value is -1.65. The summed E-state index contributed by atoms with van der Waals surface area (Å²) in [6.45, 7) is 2.63. The third-order valence-corrected chi connectivity index (χ3v) is 2.94. The molecule has 5 heteroatoms. The van der Waals surface area contributed by atoms with Gasteiger partial charge in [0, 0.05) is 31.7 Å². The number of hydrogen-bond acceptors (Lipinski definition) is 4. The highest BCUT2D eigenvalue weighted by molar-refractivity contribution is 6.32. The van der Waals surface area contributed by atoms with Crippen LogP contribution in [0, 0.1) is 0 Å². The summed E-state index contributed by atoms with van der Waals surface area (Å²) in [7, 11) is 0. The minimum Gasteiger partial charge on any atom is -0.369 e. The number of rotatable bonds is 7. The van der Waals surface area contributed by atoms with Gasteiger partial charge in [-0.1, -0.05) is 17.7 Å². The molecular weight excluding hydrogens is 260 g/mol. The van der Waals surface area contributed by atoms with E-state index in [1.54, 1.807) is 12.4 Å². The van der Waals surface area contributed by atoms with E-state index in [0.717, 1.165) is 31.9 Å². The number of nitrogens with one attached hydrogen (secondary N) is 2. The molecule has 0 atom stereocenters. The Bertz CT molecular complexity index is 490. The quantitative estimate of drug-likeness (QED) is 0.764. The van der Waals surface area contributed by atoms with E-state index in [1.807, 2.05) is 24.4 Å². The molecule has 4 nitrogen and oxygen atoms in total. The Morgan fingerprint density at radius 1 is 1.11 bits per heavy atom. The summed E-state index contributed by atoms with van der Waals surface area (Å²) in [6, 6.07) is 7.66. The Balaban J connectivity index is 1.59. The van der Waals surface area contributed by atoms with Crippen molar-refractivity contribution in [3.63, 3.8) is 0 Å². The van der Waals surface area contributed by atoms with Crippen molar-refractivity contribution in [1.82, 2.24) is 15.3 Å². The van der Waals surface area contributed by atoms with Gasteiger partial charge in [0.2, 0.25) is 0 Å². The maximum atomic E-state index is 6.00. The number of halogens is 1. The molecule has 0 aliphatic heterocycles.